The average Bonchev–Trinajstić information content (AvgIpc) is 2.99. The molecule has 4 rings (SSSR count). The van der Waals surface area contributed by atoms with Gasteiger partial charge in [-0.15, -0.1) is 13.2 Å². The lowest BCUT2D eigenvalue weighted by molar-refractivity contribution is -0.274. The van der Waals surface area contributed by atoms with Gasteiger partial charge in [-0.3, -0.25) is 4.40 Å². The number of imidazole rings is 1. The van der Waals surface area contributed by atoms with Gasteiger partial charge in [-0.25, -0.2) is 9.97 Å². The van der Waals surface area contributed by atoms with E-state index in [9.17, 15) is 13.2 Å². The maximum Gasteiger partial charge on any atom is 0.573 e. The molecule has 3 aromatic heterocycles. The van der Waals surface area contributed by atoms with Gasteiger partial charge in [0.1, 0.15) is 17.1 Å². The largest absolute Gasteiger partial charge is 0.573 e. The minimum Gasteiger partial charge on any atom is -0.481 e. The Kier molecular flexibility index (Phi) is 4.10. The first-order chi connectivity index (χ1) is 13.3. The Morgan fingerprint density at radius 3 is 2.43 bits per heavy atom. The fraction of sp³-hybridized carbons (Fsp3) is 0.211. The number of benzene rings is 1. The van der Waals surface area contributed by atoms with Gasteiger partial charge in [0.15, 0.2) is 5.65 Å². The number of halogens is 3. The Labute approximate surface area is 157 Å². The molecule has 0 fully saturated rings. The van der Waals surface area contributed by atoms with Crippen molar-refractivity contribution >= 4 is 16.7 Å². The predicted octanol–water partition coefficient (Wildman–Crippen LogP) is 4.47. The highest BCUT2D eigenvalue weighted by molar-refractivity contribution is 5.81. The summed E-state index contributed by atoms with van der Waals surface area (Å²) in [5.74, 6) is 0.516. The quantitative estimate of drug-likeness (QED) is 0.518. The fourth-order valence-electron chi connectivity index (χ4n) is 3.21. The summed E-state index contributed by atoms with van der Waals surface area (Å²) < 4.78 is 48.8. The van der Waals surface area contributed by atoms with Crippen LogP contribution in [0, 0.1) is 13.8 Å². The van der Waals surface area contributed by atoms with E-state index in [0.717, 1.165) is 11.2 Å². The lowest BCUT2D eigenvalue weighted by atomic mass is 10.2. The Bertz CT molecular complexity index is 1200. The van der Waals surface area contributed by atoms with Gasteiger partial charge < -0.3 is 9.47 Å². The van der Waals surface area contributed by atoms with Crippen LogP contribution in [-0.2, 0) is 0 Å². The zero-order chi connectivity index (χ0) is 20.1. The molecule has 9 heteroatoms. The Balaban J connectivity index is 2.01. The highest BCUT2D eigenvalue weighted by atomic mass is 19.4. The number of rotatable bonds is 3. The van der Waals surface area contributed by atoms with E-state index in [1.165, 1.54) is 25.3 Å². The number of pyridine rings is 1. The summed E-state index contributed by atoms with van der Waals surface area (Å²) in [4.78, 5) is 13.6. The van der Waals surface area contributed by atoms with Gasteiger partial charge in [-0.05, 0) is 32.0 Å². The second kappa shape index (κ2) is 6.36. The van der Waals surface area contributed by atoms with Crippen LogP contribution in [0.3, 0.4) is 0 Å². The van der Waals surface area contributed by atoms with Gasteiger partial charge >= 0.3 is 6.36 Å². The molecule has 0 radical (unpaired) electrons. The zero-order valence-corrected chi connectivity index (χ0v) is 15.2. The number of hydrogen-bond donors (Lipinski definition) is 0. The maximum absolute atomic E-state index is 12.6. The van der Waals surface area contributed by atoms with Crippen molar-refractivity contribution in [2.24, 2.45) is 0 Å². The van der Waals surface area contributed by atoms with Gasteiger partial charge in [0.2, 0.25) is 5.88 Å². The molecule has 0 spiro atoms. The normalized spacial score (nSPS) is 11.9. The van der Waals surface area contributed by atoms with Gasteiger partial charge in [0, 0.05) is 11.6 Å². The summed E-state index contributed by atoms with van der Waals surface area (Å²) in [5, 5.41) is 0. The first kappa shape index (κ1) is 18.0. The molecule has 144 valence electrons. The van der Waals surface area contributed by atoms with E-state index in [1.54, 1.807) is 22.6 Å². The number of aromatic nitrogens is 4. The third-order valence-electron chi connectivity index (χ3n) is 4.26. The van der Waals surface area contributed by atoms with Gasteiger partial charge in [-0.2, -0.15) is 4.98 Å². The maximum atomic E-state index is 12.6. The third kappa shape index (κ3) is 3.08. The lowest BCUT2D eigenvalue weighted by Gasteiger charge is -2.11. The van der Waals surface area contributed by atoms with Crippen LogP contribution in [0.15, 0.2) is 36.4 Å². The summed E-state index contributed by atoms with van der Waals surface area (Å²) in [5.41, 5.74) is 3.74. The third-order valence-corrected chi connectivity index (χ3v) is 4.26. The van der Waals surface area contributed by atoms with Crippen molar-refractivity contribution in [1.29, 1.82) is 0 Å². The highest BCUT2D eigenvalue weighted by Crippen LogP contribution is 2.31. The van der Waals surface area contributed by atoms with Crippen molar-refractivity contribution in [3.63, 3.8) is 0 Å². The number of ether oxygens (including phenoxy) is 2. The first-order valence-corrected chi connectivity index (χ1v) is 8.33. The second-order valence-corrected chi connectivity index (χ2v) is 6.17. The summed E-state index contributed by atoms with van der Waals surface area (Å²) in [6, 6.07) is 9.16. The van der Waals surface area contributed by atoms with Crippen molar-refractivity contribution in [2.75, 3.05) is 7.11 Å². The van der Waals surface area contributed by atoms with Crippen LogP contribution < -0.4 is 9.47 Å². The van der Waals surface area contributed by atoms with Crippen molar-refractivity contribution < 1.29 is 22.6 Å². The van der Waals surface area contributed by atoms with Crippen LogP contribution in [0.2, 0.25) is 0 Å². The van der Waals surface area contributed by atoms with E-state index >= 15 is 0 Å². The van der Waals surface area contributed by atoms with Gasteiger partial charge in [0.25, 0.3) is 0 Å². The number of alkyl halides is 3. The summed E-state index contributed by atoms with van der Waals surface area (Å²) in [6.07, 6.45) is -4.77. The molecule has 0 saturated heterocycles. The molecule has 0 atom stereocenters. The molecule has 28 heavy (non-hydrogen) atoms. The van der Waals surface area contributed by atoms with E-state index in [2.05, 4.69) is 19.7 Å². The molecule has 0 bridgehead atoms. The van der Waals surface area contributed by atoms with Crippen LogP contribution in [0.25, 0.3) is 28.1 Å². The SMILES string of the molecule is COc1ccc2nc(C)c3c(C)nc(-c4cccc(OC(F)(F)F)c4)n3c2n1. The Hall–Kier alpha value is -3.36. The number of nitrogens with zero attached hydrogens (tertiary/aromatic N) is 4. The molecular formula is C19H15F3N4O2. The fourth-order valence-corrected chi connectivity index (χ4v) is 3.21. The minimum atomic E-state index is -4.77. The van der Waals surface area contributed by atoms with Crippen molar-refractivity contribution in [1.82, 2.24) is 19.4 Å². The van der Waals surface area contributed by atoms with Crippen molar-refractivity contribution in [2.45, 2.75) is 20.2 Å². The molecule has 0 N–H and O–H groups in total. The Morgan fingerprint density at radius 1 is 0.964 bits per heavy atom. The highest BCUT2D eigenvalue weighted by Gasteiger charge is 2.31. The zero-order valence-electron chi connectivity index (χ0n) is 15.2. The van der Waals surface area contributed by atoms with Gasteiger partial charge in [0.05, 0.1) is 24.0 Å². The smallest absolute Gasteiger partial charge is 0.481 e. The minimum absolute atomic E-state index is 0.319. The van der Waals surface area contributed by atoms with Crippen LogP contribution in [-0.4, -0.2) is 32.8 Å². The Morgan fingerprint density at radius 2 is 1.71 bits per heavy atom. The summed E-state index contributed by atoms with van der Waals surface area (Å²) in [6.45, 7) is 3.66. The van der Waals surface area contributed by atoms with E-state index in [1.807, 2.05) is 13.8 Å². The second-order valence-electron chi connectivity index (χ2n) is 6.17. The molecule has 0 aliphatic carbocycles. The van der Waals surface area contributed by atoms with E-state index in [-0.39, 0.29) is 5.75 Å². The molecule has 1 aromatic carbocycles. The predicted molar refractivity (Wildman–Crippen MR) is 96.4 cm³/mol. The topological polar surface area (TPSA) is 61.5 Å². The number of methoxy groups -OCH3 is 1. The van der Waals surface area contributed by atoms with E-state index in [0.29, 0.717) is 34.1 Å². The summed E-state index contributed by atoms with van der Waals surface area (Å²) >= 11 is 0. The lowest BCUT2D eigenvalue weighted by Crippen LogP contribution is -2.17. The van der Waals surface area contributed by atoms with Crippen LogP contribution in [0.5, 0.6) is 11.6 Å². The van der Waals surface area contributed by atoms with Crippen LogP contribution >= 0.6 is 0 Å². The average molecular weight is 388 g/mol. The van der Waals surface area contributed by atoms with E-state index in [4.69, 9.17) is 4.74 Å². The molecule has 0 saturated carbocycles. The first-order valence-electron chi connectivity index (χ1n) is 8.33. The van der Waals surface area contributed by atoms with E-state index < -0.39 is 6.36 Å². The molecule has 0 aliphatic heterocycles. The molecular weight excluding hydrogens is 373 g/mol. The van der Waals surface area contributed by atoms with Crippen molar-refractivity contribution in [3.05, 3.63) is 47.8 Å². The number of fused-ring (bicyclic) bond motifs is 3. The molecule has 0 amide bonds. The number of aryl methyl sites for hydroxylation is 2. The molecule has 3 heterocycles. The molecule has 4 aromatic rings. The van der Waals surface area contributed by atoms with Crippen LogP contribution in [0.1, 0.15) is 11.4 Å². The van der Waals surface area contributed by atoms with Crippen molar-refractivity contribution in [3.8, 4) is 23.0 Å². The number of hydrogen-bond acceptors (Lipinski definition) is 5. The van der Waals surface area contributed by atoms with Crippen LogP contribution in [0.4, 0.5) is 13.2 Å². The molecule has 0 unspecified atom stereocenters. The summed E-state index contributed by atoms with van der Waals surface area (Å²) in [7, 11) is 1.50. The molecule has 6 nitrogen and oxygen atoms in total. The van der Waals surface area contributed by atoms with Gasteiger partial charge in [-0.1, -0.05) is 12.1 Å². The standard InChI is InChI=1S/C19H15F3N4O2/c1-10-16-11(2)24-17(12-5-4-6-13(9-12)28-19(20,21)22)26(16)18-14(23-10)7-8-15(25-18)27-3/h4-9H,1-3H3. The monoisotopic (exact) mass is 388 g/mol. The molecule has 0 aliphatic rings.